The van der Waals surface area contributed by atoms with Crippen molar-refractivity contribution >= 4 is 74.6 Å². The quantitative estimate of drug-likeness (QED) is 0.0659. The van der Waals surface area contributed by atoms with E-state index in [1.165, 1.54) is 40.8 Å². The molecule has 2 unspecified atom stereocenters. The zero-order valence-corrected chi connectivity index (χ0v) is 24.0. The molecule has 41 heavy (non-hydrogen) atoms. The molecule has 10 N–H and O–H groups in total. The summed E-state index contributed by atoms with van der Waals surface area (Å²) < 4.78 is 0. The molecule has 20 heteroatoms. The number of hydrogen-bond acceptors (Lipinski definition) is 16. The maximum absolute atomic E-state index is 13.1. The van der Waals surface area contributed by atoms with Crippen molar-refractivity contribution in [2.75, 3.05) is 24.3 Å². The number of nitrogens with one attached hydrogen (secondary N) is 2. The maximum Gasteiger partial charge on any atom is 0.352 e. The number of nitrogen functional groups attached to an aromatic ring is 1. The van der Waals surface area contributed by atoms with E-state index in [-0.39, 0.29) is 33.8 Å². The number of oxime groups is 1. The van der Waals surface area contributed by atoms with E-state index in [2.05, 4.69) is 25.8 Å². The molecule has 0 bridgehead atoms. The molecule has 0 spiro atoms. The van der Waals surface area contributed by atoms with E-state index >= 15 is 0 Å². The van der Waals surface area contributed by atoms with Gasteiger partial charge < -0.3 is 31.8 Å². The first-order valence-electron chi connectivity index (χ1n) is 11.7. The second-order valence-electron chi connectivity index (χ2n) is 8.63. The molecule has 4 atom stereocenters. The van der Waals surface area contributed by atoms with E-state index < -0.39 is 53.2 Å². The molecule has 4 heterocycles. The fourth-order valence-electron chi connectivity index (χ4n) is 3.83. The number of thiazole rings is 1. The van der Waals surface area contributed by atoms with Crippen molar-refractivity contribution in [3.63, 3.8) is 0 Å². The number of aromatic nitrogens is 1. The summed E-state index contributed by atoms with van der Waals surface area (Å²) in [5, 5.41) is 30.7. The number of amides is 2. The zero-order chi connectivity index (χ0) is 30.0. The standard InChI is InChI=1S/C21H26N10O7S3/c1-7(18(34)35)38-29-12(9-6-40-20(23)26-9)15(32)28-13-16(33)30-14(19(36)37)8(4-39-17(13)30)5-41-21-27-10(22)3-11(25-2)31(21)24/h3,6-7,11,13,17,25H,4-5,22,24H2,1-2H3,(H2,23,26)(H,28,32)(H,34,35)(H,36,37)/b29-12-/t7-,11?,13?,17-/m0/s1. The van der Waals surface area contributed by atoms with Crippen LogP contribution in [-0.2, 0) is 24.0 Å². The Hall–Kier alpha value is -3.85. The minimum Gasteiger partial charge on any atom is -0.478 e. The normalized spacial score (nSPS) is 23.2. The van der Waals surface area contributed by atoms with Crippen molar-refractivity contribution in [2.45, 2.75) is 30.6 Å². The van der Waals surface area contributed by atoms with Crippen LogP contribution in [0.5, 0.6) is 0 Å². The lowest BCUT2D eigenvalue weighted by Gasteiger charge is -2.49. The third-order valence-corrected chi connectivity index (χ3v) is 8.98. The number of fused-ring (bicyclic) bond motifs is 1. The Labute approximate surface area is 244 Å². The predicted molar refractivity (Wildman–Crippen MR) is 152 cm³/mol. The van der Waals surface area contributed by atoms with Crippen LogP contribution in [0.3, 0.4) is 0 Å². The van der Waals surface area contributed by atoms with Gasteiger partial charge in [-0.25, -0.2) is 25.4 Å². The van der Waals surface area contributed by atoms with Gasteiger partial charge in [0.05, 0.1) is 0 Å². The van der Waals surface area contributed by atoms with E-state index in [1.807, 2.05) is 0 Å². The third kappa shape index (κ3) is 6.25. The number of β-lactam (4-membered cyclic amide) rings is 1. The van der Waals surface area contributed by atoms with E-state index in [0.29, 0.717) is 10.7 Å². The van der Waals surface area contributed by atoms with Crippen LogP contribution < -0.4 is 27.9 Å². The molecule has 220 valence electrons. The predicted octanol–water partition coefficient (Wildman–Crippen LogP) is -1.72. The lowest BCUT2D eigenvalue weighted by Crippen LogP contribution is -2.71. The number of aliphatic carboxylic acids is 2. The highest BCUT2D eigenvalue weighted by molar-refractivity contribution is 8.14. The van der Waals surface area contributed by atoms with Crippen LogP contribution in [0, 0.1) is 0 Å². The van der Waals surface area contributed by atoms with Crippen molar-refractivity contribution in [1.29, 1.82) is 0 Å². The summed E-state index contributed by atoms with van der Waals surface area (Å²) in [7, 11) is 1.69. The molecule has 17 nitrogen and oxygen atoms in total. The van der Waals surface area contributed by atoms with Crippen molar-refractivity contribution < 1.29 is 34.2 Å². The van der Waals surface area contributed by atoms with Crippen molar-refractivity contribution in [3.8, 4) is 0 Å². The van der Waals surface area contributed by atoms with Crippen LogP contribution in [0.4, 0.5) is 5.13 Å². The highest BCUT2D eigenvalue weighted by Gasteiger charge is 2.54. The van der Waals surface area contributed by atoms with Gasteiger partial charge >= 0.3 is 11.9 Å². The Morgan fingerprint density at radius 2 is 2.07 bits per heavy atom. The van der Waals surface area contributed by atoms with Crippen LogP contribution in [-0.4, -0.2) is 102 Å². The van der Waals surface area contributed by atoms with Crippen LogP contribution in [0.25, 0.3) is 0 Å². The molecule has 0 radical (unpaired) electrons. The Kier molecular flexibility index (Phi) is 9.07. The van der Waals surface area contributed by atoms with Crippen LogP contribution in [0.15, 0.2) is 38.7 Å². The number of hydrogen-bond donors (Lipinski definition) is 7. The van der Waals surface area contributed by atoms with E-state index in [0.717, 1.165) is 16.2 Å². The second-order valence-corrected chi connectivity index (χ2v) is 11.6. The van der Waals surface area contributed by atoms with Gasteiger partial charge in [-0.2, -0.15) is 0 Å². The number of nitrogens with zero attached hydrogens (tertiary/aromatic N) is 5. The summed E-state index contributed by atoms with van der Waals surface area (Å²) in [6.45, 7) is 1.22. The number of carbonyl (C=O) groups is 4. The molecule has 1 aromatic heterocycles. The Balaban J connectivity index is 1.49. The molecule has 0 aromatic carbocycles. The zero-order valence-electron chi connectivity index (χ0n) is 21.5. The van der Waals surface area contributed by atoms with Gasteiger partial charge in [0.25, 0.3) is 11.8 Å². The molecular formula is C21H26N10O7S3. The topological polar surface area (TPSA) is 264 Å². The van der Waals surface area contributed by atoms with E-state index in [9.17, 15) is 24.3 Å². The van der Waals surface area contributed by atoms with Crippen LogP contribution in [0.2, 0.25) is 0 Å². The van der Waals surface area contributed by atoms with Gasteiger partial charge in [0.1, 0.15) is 34.8 Å². The highest BCUT2D eigenvalue weighted by Crippen LogP contribution is 2.41. The van der Waals surface area contributed by atoms with Gasteiger partial charge in [-0.1, -0.05) is 16.9 Å². The van der Waals surface area contributed by atoms with Crippen LogP contribution in [0.1, 0.15) is 12.6 Å². The largest absolute Gasteiger partial charge is 0.478 e. The molecule has 4 rings (SSSR count). The molecule has 3 aliphatic heterocycles. The van der Waals surface area contributed by atoms with Gasteiger partial charge in [0.2, 0.25) is 6.10 Å². The number of carbonyl (C=O) groups excluding carboxylic acids is 2. The Morgan fingerprint density at radius 1 is 1.34 bits per heavy atom. The monoisotopic (exact) mass is 626 g/mol. The first-order valence-corrected chi connectivity index (χ1v) is 14.6. The average molecular weight is 627 g/mol. The van der Waals surface area contributed by atoms with Crippen LogP contribution >= 0.6 is 34.9 Å². The number of hydrazine groups is 1. The molecule has 2 amide bonds. The highest BCUT2D eigenvalue weighted by atomic mass is 32.2. The minimum absolute atomic E-state index is 0.0171. The van der Waals surface area contributed by atoms with E-state index in [4.69, 9.17) is 27.3 Å². The molecular weight excluding hydrogens is 600 g/mol. The first kappa shape index (κ1) is 30.1. The number of rotatable bonds is 10. The number of aliphatic imine (C=N–C) groups is 1. The fourth-order valence-corrected chi connectivity index (χ4v) is 6.83. The lowest BCUT2D eigenvalue weighted by molar-refractivity contribution is -0.150. The molecule has 0 saturated carbocycles. The van der Waals surface area contributed by atoms with Gasteiger partial charge in [-0.15, -0.1) is 23.1 Å². The number of anilines is 1. The molecule has 1 saturated heterocycles. The second kappa shape index (κ2) is 12.3. The number of carboxylic acid groups (broad SMARTS) is 2. The van der Waals surface area contributed by atoms with Crippen molar-refractivity contribution in [2.24, 2.45) is 21.7 Å². The summed E-state index contributed by atoms with van der Waals surface area (Å²) >= 11 is 3.45. The Morgan fingerprint density at radius 3 is 2.68 bits per heavy atom. The molecule has 1 fully saturated rings. The average Bonchev–Trinajstić information content (AvgIpc) is 3.36. The van der Waals surface area contributed by atoms with Gasteiger partial charge in [0, 0.05) is 16.9 Å². The summed E-state index contributed by atoms with van der Waals surface area (Å²) in [5.74, 6) is 2.62. The Bertz CT molecular complexity index is 1390. The summed E-state index contributed by atoms with van der Waals surface area (Å²) in [5.41, 5.74) is 11.4. The number of thioether (sulfide) groups is 2. The number of amidine groups is 1. The SMILES string of the molecule is CNC1C=C(N)N=C(SCC2=C(C(=O)O)N3C(=O)C(NC(=O)/C(=N\O[C@@H](C)C(=O)O)c4csc(N)n4)[C@@H]3SC2)N1N. The summed E-state index contributed by atoms with van der Waals surface area (Å²) in [6.07, 6.45) is -0.148. The third-order valence-electron chi connectivity index (χ3n) is 5.91. The molecule has 0 aliphatic carbocycles. The number of likely N-dealkylation sites (N-methyl/N-ethyl adjacent to an activating group) is 1. The lowest BCUT2D eigenvalue weighted by atomic mass is 10.0. The smallest absolute Gasteiger partial charge is 0.352 e. The van der Waals surface area contributed by atoms with Gasteiger partial charge in [-0.05, 0) is 25.6 Å². The fraction of sp³-hybridized carbons (Fsp3) is 0.381. The van der Waals surface area contributed by atoms with E-state index in [1.54, 1.807) is 13.1 Å². The number of nitrogens with two attached hydrogens (primary N) is 3. The number of carboxylic acids is 2. The first-order chi connectivity index (χ1) is 19.4. The molecule has 3 aliphatic rings. The maximum atomic E-state index is 13.1. The summed E-state index contributed by atoms with van der Waals surface area (Å²) in [6, 6.07) is -1.09. The van der Waals surface area contributed by atoms with Gasteiger partial charge in [0.15, 0.2) is 16.0 Å². The van der Waals surface area contributed by atoms with Gasteiger partial charge in [-0.3, -0.25) is 24.8 Å². The van der Waals surface area contributed by atoms with Crippen molar-refractivity contribution in [3.05, 3.63) is 34.2 Å². The minimum atomic E-state index is -1.37. The molecule has 1 aromatic rings. The van der Waals surface area contributed by atoms with Crippen molar-refractivity contribution in [1.82, 2.24) is 25.5 Å². The summed E-state index contributed by atoms with van der Waals surface area (Å²) in [4.78, 5) is 63.8.